The topological polar surface area (TPSA) is 112 Å². The zero-order chi connectivity index (χ0) is 24.7. The van der Waals surface area contributed by atoms with E-state index in [0.29, 0.717) is 6.07 Å². The Morgan fingerprint density at radius 2 is 1.55 bits per heavy atom. The number of amides is 2. The van der Waals surface area contributed by atoms with Crippen LogP contribution in [0, 0.1) is 17.5 Å². The Morgan fingerprint density at radius 3 is 2.09 bits per heavy atom. The minimum absolute atomic E-state index is 0.00991. The maximum absolute atomic E-state index is 13.6. The molecule has 9 nitrogen and oxygen atoms in total. The molecule has 0 aliphatic carbocycles. The number of hydrogen-bond acceptors (Lipinski definition) is 7. The van der Waals surface area contributed by atoms with Crippen molar-refractivity contribution >= 4 is 23.5 Å². The van der Waals surface area contributed by atoms with Crippen molar-refractivity contribution < 1.29 is 46.5 Å². The van der Waals surface area contributed by atoms with Gasteiger partial charge in [-0.1, -0.05) is 0 Å². The summed E-state index contributed by atoms with van der Waals surface area (Å²) < 4.78 is 60.3. The Balaban J connectivity index is 1.97. The smallest absolute Gasteiger partial charge is 0.339 e. The third-order valence-corrected chi connectivity index (χ3v) is 4.29. The van der Waals surface area contributed by atoms with Crippen LogP contribution in [0.5, 0.6) is 17.2 Å². The van der Waals surface area contributed by atoms with E-state index in [2.05, 4.69) is 5.32 Å². The van der Waals surface area contributed by atoms with Crippen LogP contribution >= 0.6 is 0 Å². The number of rotatable bonds is 9. The highest BCUT2D eigenvalue weighted by atomic mass is 19.2. The van der Waals surface area contributed by atoms with E-state index >= 15 is 0 Å². The van der Waals surface area contributed by atoms with E-state index in [1.54, 1.807) is 0 Å². The first-order valence-electron chi connectivity index (χ1n) is 9.34. The van der Waals surface area contributed by atoms with E-state index in [1.807, 2.05) is 5.32 Å². The van der Waals surface area contributed by atoms with Crippen molar-refractivity contribution in [3.05, 3.63) is 47.3 Å². The number of carbonyl (C=O) groups excluding carboxylic acids is 3. The zero-order valence-corrected chi connectivity index (χ0v) is 18.1. The quantitative estimate of drug-likeness (QED) is 0.428. The Labute approximate surface area is 186 Å². The van der Waals surface area contributed by atoms with Crippen molar-refractivity contribution in [2.24, 2.45) is 0 Å². The molecule has 1 atom stereocenters. The Kier molecular flexibility index (Phi) is 8.49. The van der Waals surface area contributed by atoms with Crippen LogP contribution < -0.4 is 24.8 Å². The van der Waals surface area contributed by atoms with E-state index in [1.165, 1.54) is 40.4 Å². The third-order valence-electron chi connectivity index (χ3n) is 4.29. The predicted molar refractivity (Wildman–Crippen MR) is 109 cm³/mol. The lowest BCUT2D eigenvalue weighted by molar-refractivity contribution is -0.130. The number of anilines is 1. The van der Waals surface area contributed by atoms with Crippen molar-refractivity contribution in [3.63, 3.8) is 0 Å². The molecule has 0 saturated heterocycles. The lowest BCUT2D eigenvalue weighted by atomic mass is 10.2. The summed E-state index contributed by atoms with van der Waals surface area (Å²) in [5.74, 6) is -6.73. The average Bonchev–Trinajstić information content (AvgIpc) is 2.81. The second-order valence-corrected chi connectivity index (χ2v) is 6.45. The van der Waals surface area contributed by atoms with Gasteiger partial charge in [0.1, 0.15) is 0 Å². The molecule has 0 spiro atoms. The number of benzene rings is 2. The molecule has 0 aromatic heterocycles. The summed E-state index contributed by atoms with van der Waals surface area (Å²) in [6.45, 7) is 0.613. The fourth-order valence-corrected chi connectivity index (χ4v) is 2.61. The van der Waals surface area contributed by atoms with Gasteiger partial charge in [-0.15, -0.1) is 0 Å². The molecule has 2 aromatic carbocycles. The predicted octanol–water partition coefficient (Wildman–Crippen LogP) is 2.43. The summed E-state index contributed by atoms with van der Waals surface area (Å²) in [7, 11) is 4.11. The first kappa shape index (κ1) is 25.3. The van der Waals surface area contributed by atoms with Gasteiger partial charge in [-0.25, -0.2) is 18.0 Å². The summed E-state index contributed by atoms with van der Waals surface area (Å²) in [6.07, 6.45) is -1.32. The van der Waals surface area contributed by atoms with Gasteiger partial charge in [0.05, 0.1) is 39.1 Å². The maximum atomic E-state index is 13.6. The minimum atomic E-state index is -1.75. The van der Waals surface area contributed by atoms with Crippen LogP contribution in [-0.2, 0) is 14.3 Å². The highest BCUT2D eigenvalue weighted by Crippen LogP contribution is 2.38. The van der Waals surface area contributed by atoms with Crippen LogP contribution in [-0.4, -0.2) is 51.8 Å². The van der Waals surface area contributed by atoms with Gasteiger partial charge in [-0.3, -0.25) is 9.59 Å². The van der Waals surface area contributed by atoms with Crippen molar-refractivity contribution in [1.82, 2.24) is 5.32 Å². The molecule has 2 aromatic rings. The van der Waals surface area contributed by atoms with Gasteiger partial charge in [-0.05, 0) is 31.2 Å². The van der Waals surface area contributed by atoms with Crippen LogP contribution in [0.25, 0.3) is 0 Å². The number of esters is 1. The van der Waals surface area contributed by atoms with Crippen LogP contribution in [0.3, 0.4) is 0 Å². The summed E-state index contributed by atoms with van der Waals surface area (Å²) >= 11 is 0. The average molecular weight is 470 g/mol. The molecule has 12 heteroatoms. The molecule has 2 N–H and O–H groups in total. The zero-order valence-electron chi connectivity index (χ0n) is 18.1. The molecule has 2 rings (SSSR count). The normalized spacial score (nSPS) is 11.2. The molecule has 0 heterocycles. The van der Waals surface area contributed by atoms with Crippen molar-refractivity contribution in [1.29, 1.82) is 0 Å². The van der Waals surface area contributed by atoms with Crippen molar-refractivity contribution in [3.8, 4) is 17.2 Å². The van der Waals surface area contributed by atoms with Gasteiger partial charge >= 0.3 is 5.97 Å². The van der Waals surface area contributed by atoms with Crippen molar-refractivity contribution in [2.45, 2.75) is 13.0 Å². The van der Waals surface area contributed by atoms with Gasteiger partial charge in [0.25, 0.3) is 5.91 Å². The Hall–Kier alpha value is -3.96. The largest absolute Gasteiger partial charge is 0.493 e. The first-order valence-corrected chi connectivity index (χ1v) is 9.34. The Morgan fingerprint density at radius 1 is 0.939 bits per heavy atom. The van der Waals surface area contributed by atoms with E-state index in [0.717, 1.165) is 6.07 Å². The summed E-state index contributed by atoms with van der Waals surface area (Å²) in [6, 6.07) is 4.13. The maximum Gasteiger partial charge on any atom is 0.339 e. The monoisotopic (exact) mass is 470 g/mol. The molecule has 0 aliphatic rings. The second kappa shape index (κ2) is 11.1. The van der Waals surface area contributed by atoms with E-state index in [4.69, 9.17) is 18.9 Å². The van der Waals surface area contributed by atoms with Gasteiger partial charge in [-0.2, -0.15) is 0 Å². The highest BCUT2D eigenvalue weighted by Gasteiger charge is 2.23. The summed E-state index contributed by atoms with van der Waals surface area (Å²) in [5.41, 5.74) is -0.592. The van der Waals surface area contributed by atoms with E-state index < -0.39 is 53.6 Å². The summed E-state index contributed by atoms with van der Waals surface area (Å²) in [5, 5.41) is 4.17. The molecular formula is C21H21F3N2O7. The molecule has 0 unspecified atom stereocenters. The highest BCUT2D eigenvalue weighted by molar-refractivity contribution is 5.96. The van der Waals surface area contributed by atoms with Crippen molar-refractivity contribution in [2.75, 3.05) is 33.2 Å². The number of ether oxygens (including phenoxy) is 4. The van der Waals surface area contributed by atoms with Gasteiger partial charge in [0, 0.05) is 0 Å². The lowest BCUT2D eigenvalue weighted by Gasteiger charge is -2.16. The third kappa shape index (κ3) is 6.05. The molecule has 33 heavy (non-hydrogen) atoms. The molecule has 0 aliphatic heterocycles. The second-order valence-electron chi connectivity index (χ2n) is 6.45. The standard InChI is InChI=1S/C21H21F3N2O7/c1-10(33-21(29)11-7-14(30-2)19(32-4)15(8-11)31-3)20(28)25-9-16(27)26-13-6-5-12(22)17(23)18(13)24/h5-8,10H,9H2,1-4H3,(H,25,28)(H,26,27)/t10-/m1/s1. The van der Waals surface area contributed by atoms with E-state index in [9.17, 15) is 27.6 Å². The number of hydrogen-bond donors (Lipinski definition) is 2. The number of carbonyl (C=O) groups is 3. The molecule has 2 amide bonds. The molecule has 0 bridgehead atoms. The van der Waals surface area contributed by atoms with Crippen LogP contribution in [0.15, 0.2) is 24.3 Å². The first-order chi connectivity index (χ1) is 15.6. The fourth-order valence-electron chi connectivity index (χ4n) is 2.61. The van der Waals surface area contributed by atoms with Crippen LogP contribution in [0.1, 0.15) is 17.3 Å². The van der Waals surface area contributed by atoms with Crippen LogP contribution in [0.2, 0.25) is 0 Å². The van der Waals surface area contributed by atoms with Gasteiger partial charge in [0.2, 0.25) is 11.7 Å². The number of methoxy groups -OCH3 is 3. The van der Waals surface area contributed by atoms with Crippen LogP contribution in [0.4, 0.5) is 18.9 Å². The fraction of sp³-hybridized carbons (Fsp3) is 0.286. The molecule has 0 fully saturated rings. The lowest BCUT2D eigenvalue weighted by Crippen LogP contribution is -2.40. The molecule has 178 valence electrons. The van der Waals surface area contributed by atoms with E-state index in [-0.39, 0.29) is 22.8 Å². The van der Waals surface area contributed by atoms with Gasteiger partial charge < -0.3 is 29.6 Å². The number of nitrogens with one attached hydrogen (secondary N) is 2. The molecule has 0 radical (unpaired) electrons. The summed E-state index contributed by atoms with van der Waals surface area (Å²) in [4.78, 5) is 36.5. The SMILES string of the molecule is COc1cc(C(=O)O[C@H](C)C(=O)NCC(=O)Nc2ccc(F)c(F)c2F)cc(OC)c1OC. The van der Waals surface area contributed by atoms with Gasteiger partial charge in [0.15, 0.2) is 35.1 Å². The number of halogens is 3. The molecule has 0 saturated carbocycles. The molecular weight excluding hydrogens is 449 g/mol. The minimum Gasteiger partial charge on any atom is -0.493 e. The Bertz CT molecular complexity index is 1040.